The van der Waals surface area contributed by atoms with Crippen molar-refractivity contribution in [2.75, 3.05) is 11.4 Å². The summed E-state index contributed by atoms with van der Waals surface area (Å²) in [7, 11) is 0. The predicted molar refractivity (Wildman–Crippen MR) is 73.3 cm³/mol. The van der Waals surface area contributed by atoms with Crippen LogP contribution in [0.15, 0.2) is 60.7 Å². The number of rotatable bonds is 3. The van der Waals surface area contributed by atoms with Crippen molar-refractivity contribution in [3.05, 3.63) is 60.7 Å². The summed E-state index contributed by atoms with van der Waals surface area (Å²) in [5.41, 5.74) is 2.34. The van der Waals surface area contributed by atoms with E-state index in [1.165, 1.54) is 11.4 Å². The summed E-state index contributed by atoms with van der Waals surface area (Å²) in [6.07, 6.45) is 0. The molecular weight excluding hydrogens is 206 g/mol. The number of benzene rings is 2. The minimum atomic E-state index is 0.713. The van der Waals surface area contributed by atoms with Gasteiger partial charge in [-0.15, -0.1) is 5.92 Å². The van der Waals surface area contributed by atoms with Gasteiger partial charge in [-0.1, -0.05) is 42.3 Å². The van der Waals surface area contributed by atoms with Crippen LogP contribution in [0.5, 0.6) is 0 Å². The monoisotopic (exact) mass is 221 g/mol. The number of hydrogen-bond donors (Lipinski definition) is 0. The standard InChI is InChI=1S/C16H15N/c1-2-3-14-17(15-10-6-4-7-11-15)16-12-8-5-9-13-16/h4-13H,14H2,1H3. The lowest BCUT2D eigenvalue weighted by Gasteiger charge is -2.22. The van der Waals surface area contributed by atoms with E-state index in [2.05, 4.69) is 41.0 Å². The second kappa shape index (κ2) is 5.77. The average molecular weight is 221 g/mol. The Hall–Kier alpha value is -2.20. The van der Waals surface area contributed by atoms with Crippen molar-refractivity contribution in [3.63, 3.8) is 0 Å². The SMILES string of the molecule is CC#CCN(c1ccccc1)c1ccccc1. The van der Waals surface area contributed by atoms with Gasteiger partial charge < -0.3 is 4.90 Å². The molecule has 0 saturated heterocycles. The van der Waals surface area contributed by atoms with Crippen molar-refractivity contribution in [1.29, 1.82) is 0 Å². The Morgan fingerprint density at radius 3 is 1.71 bits per heavy atom. The molecule has 0 N–H and O–H groups in total. The van der Waals surface area contributed by atoms with E-state index < -0.39 is 0 Å². The van der Waals surface area contributed by atoms with Crippen LogP contribution in [-0.2, 0) is 0 Å². The van der Waals surface area contributed by atoms with Crippen LogP contribution in [0.4, 0.5) is 11.4 Å². The molecule has 2 aromatic rings. The van der Waals surface area contributed by atoms with Gasteiger partial charge in [0.1, 0.15) is 0 Å². The van der Waals surface area contributed by atoms with E-state index in [4.69, 9.17) is 0 Å². The number of hydrogen-bond acceptors (Lipinski definition) is 1. The zero-order valence-electron chi connectivity index (χ0n) is 9.93. The number of nitrogens with zero attached hydrogens (tertiary/aromatic N) is 1. The molecule has 0 saturated carbocycles. The maximum atomic E-state index is 3.12. The van der Waals surface area contributed by atoms with E-state index in [0.29, 0.717) is 6.54 Å². The van der Waals surface area contributed by atoms with Crippen LogP contribution in [0.25, 0.3) is 0 Å². The molecule has 0 atom stereocenters. The Kier molecular flexibility index (Phi) is 3.83. The van der Waals surface area contributed by atoms with Crippen LogP contribution >= 0.6 is 0 Å². The first-order valence-electron chi connectivity index (χ1n) is 5.69. The molecule has 2 aromatic carbocycles. The summed E-state index contributed by atoms with van der Waals surface area (Å²) in [6.45, 7) is 2.58. The third-order valence-corrected chi connectivity index (χ3v) is 2.55. The first-order chi connectivity index (χ1) is 8.42. The van der Waals surface area contributed by atoms with Gasteiger partial charge in [0.05, 0.1) is 6.54 Å². The molecular formula is C16H15N. The van der Waals surface area contributed by atoms with Crippen LogP contribution < -0.4 is 4.90 Å². The second-order valence-electron chi connectivity index (χ2n) is 3.68. The average Bonchev–Trinajstić information content (AvgIpc) is 2.42. The number of anilines is 2. The molecule has 0 fully saturated rings. The molecule has 17 heavy (non-hydrogen) atoms. The van der Waals surface area contributed by atoms with Crippen molar-refractivity contribution in [2.45, 2.75) is 6.92 Å². The van der Waals surface area contributed by atoms with Gasteiger partial charge in [0, 0.05) is 11.4 Å². The van der Waals surface area contributed by atoms with Gasteiger partial charge in [-0.05, 0) is 31.2 Å². The quantitative estimate of drug-likeness (QED) is 0.712. The zero-order chi connectivity index (χ0) is 11.9. The van der Waals surface area contributed by atoms with Gasteiger partial charge >= 0.3 is 0 Å². The molecule has 1 nitrogen and oxygen atoms in total. The molecule has 0 bridgehead atoms. The molecule has 0 spiro atoms. The zero-order valence-corrected chi connectivity index (χ0v) is 9.93. The molecule has 84 valence electrons. The lowest BCUT2D eigenvalue weighted by atomic mass is 10.2. The molecule has 2 rings (SSSR count). The molecule has 0 heterocycles. The molecule has 0 aliphatic heterocycles. The van der Waals surface area contributed by atoms with Crippen LogP contribution in [-0.4, -0.2) is 6.54 Å². The Morgan fingerprint density at radius 1 is 0.824 bits per heavy atom. The third-order valence-electron chi connectivity index (χ3n) is 2.55. The van der Waals surface area contributed by atoms with Crippen molar-refractivity contribution < 1.29 is 0 Å². The molecule has 0 radical (unpaired) electrons. The fourth-order valence-corrected chi connectivity index (χ4v) is 1.71. The smallest absolute Gasteiger partial charge is 0.0843 e. The van der Waals surface area contributed by atoms with Gasteiger partial charge in [-0.2, -0.15) is 0 Å². The maximum Gasteiger partial charge on any atom is 0.0843 e. The highest BCUT2D eigenvalue weighted by atomic mass is 15.1. The first kappa shape index (κ1) is 11.3. The minimum Gasteiger partial charge on any atom is -0.330 e. The van der Waals surface area contributed by atoms with Crippen LogP contribution in [0.2, 0.25) is 0 Å². The van der Waals surface area contributed by atoms with Gasteiger partial charge in [0.25, 0.3) is 0 Å². The van der Waals surface area contributed by atoms with Gasteiger partial charge in [-0.3, -0.25) is 0 Å². The Balaban J connectivity index is 2.34. The van der Waals surface area contributed by atoms with Gasteiger partial charge in [0.15, 0.2) is 0 Å². The van der Waals surface area contributed by atoms with Crippen LogP contribution in [0.3, 0.4) is 0 Å². The summed E-state index contributed by atoms with van der Waals surface area (Å²) >= 11 is 0. The highest BCUT2D eigenvalue weighted by Gasteiger charge is 2.06. The predicted octanol–water partition coefficient (Wildman–Crippen LogP) is 3.85. The highest BCUT2D eigenvalue weighted by Crippen LogP contribution is 2.23. The fourth-order valence-electron chi connectivity index (χ4n) is 1.71. The van der Waals surface area contributed by atoms with E-state index in [-0.39, 0.29) is 0 Å². The summed E-state index contributed by atoms with van der Waals surface area (Å²) in [5, 5.41) is 0. The largest absolute Gasteiger partial charge is 0.330 e. The first-order valence-corrected chi connectivity index (χ1v) is 5.69. The molecule has 0 amide bonds. The lowest BCUT2D eigenvalue weighted by molar-refractivity contribution is 1.12. The van der Waals surface area contributed by atoms with E-state index in [0.717, 1.165) is 0 Å². The van der Waals surface area contributed by atoms with Crippen LogP contribution in [0, 0.1) is 11.8 Å². The van der Waals surface area contributed by atoms with Crippen molar-refractivity contribution in [1.82, 2.24) is 0 Å². The van der Waals surface area contributed by atoms with Crippen molar-refractivity contribution in [2.24, 2.45) is 0 Å². The number of para-hydroxylation sites is 2. The Morgan fingerprint density at radius 2 is 1.29 bits per heavy atom. The summed E-state index contributed by atoms with van der Waals surface area (Å²) in [4.78, 5) is 2.20. The normalized spacial score (nSPS) is 9.24. The molecule has 0 aliphatic rings. The van der Waals surface area contributed by atoms with Crippen molar-refractivity contribution in [3.8, 4) is 11.8 Å². The molecule has 0 unspecified atom stereocenters. The second-order valence-corrected chi connectivity index (χ2v) is 3.68. The summed E-state index contributed by atoms with van der Waals surface area (Å²) in [5.74, 6) is 6.07. The van der Waals surface area contributed by atoms with Crippen LogP contribution in [0.1, 0.15) is 6.92 Å². The van der Waals surface area contributed by atoms with E-state index in [9.17, 15) is 0 Å². The lowest BCUT2D eigenvalue weighted by Crippen LogP contribution is -2.16. The molecule has 0 aliphatic carbocycles. The maximum absolute atomic E-state index is 3.12. The highest BCUT2D eigenvalue weighted by molar-refractivity contribution is 5.63. The van der Waals surface area contributed by atoms with Crippen molar-refractivity contribution >= 4 is 11.4 Å². The Bertz CT molecular complexity index is 466. The van der Waals surface area contributed by atoms with E-state index in [1.807, 2.05) is 43.3 Å². The summed E-state index contributed by atoms with van der Waals surface area (Å²) < 4.78 is 0. The molecule has 1 heteroatoms. The third kappa shape index (κ3) is 2.89. The van der Waals surface area contributed by atoms with Gasteiger partial charge in [-0.25, -0.2) is 0 Å². The van der Waals surface area contributed by atoms with Gasteiger partial charge in [0.2, 0.25) is 0 Å². The Labute approximate surface area is 103 Å². The van der Waals surface area contributed by atoms with E-state index >= 15 is 0 Å². The molecule has 0 aromatic heterocycles. The van der Waals surface area contributed by atoms with E-state index in [1.54, 1.807) is 0 Å². The minimum absolute atomic E-state index is 0.713. The topological polar surface area (TPSA) is 3.24 Å². The fraction of sp³-hybridized carbons (Fsp3) is 0.125. The summed E-state index contributed by atoms with van der Waals surface area (Å²) in [6, 6.07) is 20.6.